The molecular formula is C16H23CsKN. The summed E-state index contributed by atoms with van der Waals surface area (Å²) in [6.45, 7) is 2.68. The zero-order valence-electron chi connectivity index (χ0n) is 12.9. The van der Waals surface area contributed by atoms with Gasteiger partial charge in [-0.15, -0.1) is 0 Å². The van der Waals surface area contributed by atoms with Crippen molar-refractivity contribution in [1.82, 2.24) is 4.90 Å². The summed E-state index contributed by atoms with van der Waals surface area (Å²) in [6, 6.07) is 10.6. The SMILES string of the molecule is [CH3-].[Cs+].[K+].[c-]1ccc2c(c1)CCC(N1CCCC1)CC2. The first-order valence-corrected chi connectivity index (χ1v) is 6.65. The van der Waals surface area contributed by atoms with Gasteiger partial charge in [0.2, 0.25) is 0 Å². The van der Waals surface area contributed by atoms with Crippen LogP contribution in [-0.4, -0.2) is 24.0 Å². The van der Waals surface area contributed by atoms with Gasteiger partial charge in [0.05, 0.1) is 0 Å². The molecule has 0 amide bonds. The average molecular weight is 401 g/mol. The van der Waals surface area contributed by atoms with Crippen molar-refractivity contribution in [2.75, 3.05) is 13.1 Å². The predicted octanol–water partition coefficient (Wildman–Crippen LogP) is -2.71. The molecule has 1 atom stereocenters. The van der Waals surface area contributed by atoms with Gasteiger partial charge in [0.25, 0.3) is 0 Å². The molecule has 3 heteroatoms. The molecule has 0 N–H and O–H groups in total. The Bertz CT molecular complexity index is 337. The van der Waals surface area contributed by atoms with Crippen LogP contribution in [0.1, 0.15) is 36.8 Å². The van der Waals surface area contributed by atoms with E-state index in [0.717, 1.165) is 6.04 Å². The Balaban J connectivity index is 0.00000108. The standard InChI is InChI=1S/C15H20N.CH3.Cs.K/c1-2-6-14-8-10-15(9-7-13(14)5-1)16-11-3-4-12-16;;;/h1,5-6,15H,3-4,7-12H2;1H3;;/q2*-1;2*+1. The molecule has 1 aliphatic heterocycles. The van der Waals surface area contributed by atoms with Gasteiger partial charge in [-0.25, -0.2) is 0 Å². The van der Waals surface area contributed by atoms with Crippen LogP contribution in [0.5, 0.6) is 0 Å². The largest absolute Gasteiger partial charge is 1.00 e. The molecule has 1 aliphatic carbocycles. The Kier molecular flexibility index (Phi) is 13.1. The van der Waals surface area contributed by atoms with Crippen LogP contribution in [0.25, 0.3) is 0 Å². The number of hydrogen-bond donors (Lipinski definition) is 0. The number of likely N-dealkylation sites (tertiary alicyclic amines) is 1. The summed E-state index contributed by atoms with van der Waals surface area (Å²) in [4.78, 5) is 2.72. The molecule has 1 aromatic carbocycles. The van der Waals surface area contributed by atoms with E-state index in [9.17, 15) is 0 Å². The maximum Gasteiger partial charge on any atom is 1.00 e. The van der Waals surface area contributed by atoms with Crippen molar-refractivity contribution >= 4 is 0 Å². The number of hydrogen-bond acceptors (Lipinski definition) is 1. The van der Waals surface area contributed by atoms with E-state index in [2.05, 4.69) is 29.2 Å². The Morgan fingerprint density at radius 1 is 1.05 bits per heavy atom. The van der Waals surface area contributed by atoms with Gasteiger partial charge in [0.1, 0.15) is 0 Å². The first kappa shape index (κ1) is 21.9. The number of benzene rings is 1. The van der Waals surface area contributed by atoms with Crippen LogP contribution >= 0.6 is 0 Å². The number of rotatable bonds is 1. The topological polar surface area (TPSA) is 3.24 Å². The fraction of sp³-hybridized carbons (Fsp3) is 0.562. The van der Waals surface area contributed by atoms with Gasteiger partial charge in [-0.2, -0.15) is 35.4 Å². The monoisotopic (exact) mass is 401 g/mol. The van der Waals surface area contributed by atoms with E-state index in [0.29, 0.717) is 0 Å². The van der Waals surface area contributed by atoms with Crippen molar-refractivity contribution in [2.24, 2.45) is 0 Å². The third-order valence-corrected chi connectivity index (χ3v) is 4.20. The van der Waals surface area contributed by atoms with Crippen LogP contribution in [-0.2, 0) is 12.8 Å². The second-order valence-corrected chi connectivity index (χ2v) is 5.17. The maximum absolute atomic E-state index is 3.22. The third kappa shape index (κ3) is 6.11. The first-order chi connectivity index (χ1) is 7.93. The first-order valence-electron chi connectivity index (χ1n) is 6.65. The van der Waals surface area contributed by atoms with Crippen LogP contribution in [0.4, 0.5) is 0 Å². The molecule has 0 radical (unpaired) electrons. The molecule has 0 saturated carbocycles. The molecule has 19 heavy (non-hydrogen) atoms. The molecule has 0 spiro atoms. The minimum atomic E-state index is 0. The van der Waals surface area contributed by atoms with Gasteiger partial charge in [-0.05, 0) is 45.2 Å². The zero-order valence-corrected chi connectivity index (χ0v) is 22.3. The van der Waals surface area contributed by atoms with E-state index < -0.39 is 0 Å². The van der Waals surface area contributed by atoms with Crippen molar-refractivity contribution < 1.29 is 120 Å². The van der Waals surface area contributed by atoms with E-state index in [-0.39, 0.29) is 128 Å². The van der Waals surface area contributed by atoms with Crippen LogP contribution in [0.15, 0.2) is 18.2 Å². The number of fused-ring (bicyclic) bond motifs is 1. The van der Waals surface area contributed by atoms with Gasteiger partial charge >= 0.3 is 120 Å². The predicted molar refractivity (Wildman–Crippen MR) is 72.9 cm³/mol. The third-order valence-electron chi connectivity index (χ3n) is 4.20. The molecule has 2 aliphatic rings. The van der Waals surface area contributed by atoms with E-state index >= 15 is 0 Å². The zero-order chi connectivity index (χ0) is 10.8. The van der Waals surface area contributed by atoms with Crippen molar-refractivity contribution in [1.29, 1.82) is 0 Å². The molecule has 94 valence electrons. The molecule has 0 bridgehead atoms. The maximum atomic E-state index is 3.22. The molecule has 1 unspecified atom stereocenters. The summed E-state index contributed by atoms with van der Waals surface area (Å²) in [5.41, 5.74) is 3.12. The molecule has 0 aromatic heterocycles. The molecule has 1 heterocycles. The molecule has 3 rings (SSSR count). The summed E-state index contributed by atoms with van der Waals surface area (Å²) in [5.74, 6) is 0. The van der Waals surface area contributed by atoms with Crippen molar-refractivity contribution in [3.8, 4) is 0 Å². The fourth-order valence-corrected chi connectivity index (χ4v) is 3.23. The second-order valence-electron chi connectivity index (χ2n) is 5.17. The number of nitrogens with zero attached hydrogens (tertiary/aromatic N) is 1. The minimum Gasteiger partial charge on any atom is -0.358 e. The molecule has 1 nitrogen and oxygen atoms in total. The van der Waals surface area contributed by atoms with Crippen LogP contribution in [0.2, 0.25) is 0 Å². The molecular weight excluding hydrogens is 378 g/mol. The van der Waals surface area contributed by atoms with Crippen LogP contribution in [0.3, 0.4) is 0 Å². The smallest absolute Gasteiger partial charge is 0.358 e. The van der Waals surface area contributed by atoms with Crippen molar-refractivity contribution in [3.05, 3.63) is 42.8 Å². The molecule has 1 saturated heterocycles. The average Bonchev–Trinajstić information content (AvgIpc) is 2.76. The van der Waals surface area contributed by atoms with Gasteiger partial charge in [0, 0.05) is 6.04 Å². The van der Waals surface area contributed by atoms with Gasteiger partial charge in [0.15, 0.2) is 0 Å². The van der Waals surface area contributed by atoms with Crippen molar-refractivity contribution in [3.63, 3.8) is 0 Å². The summed E-state index contributed by atoms with van der Waals surface area (Å²) in [5, 5.41) is 0. The van der Waals surface area contributed by atoms with Crippen LogP contribution < -0.4 is 120 Å². The molecule has 1 fully saturated rings. The number of aryl methyl sites for hydroxylation is 2. The Morgan fingerprint density at radius 2 is 1.68 bits per heavy atom. The van der Waals surface area contributed by atoms with Gasteiger partial charge in [-0.3, -0.25) is 0 Å². The Hall–Kier alpha value is 2.87. The van der Waals surface area contributed by atoms with E-state index in [1.807, 2.05) is 0 Å². The normalized spacial score (nSPS) is 22.2. The quantitative estimate of drug-likeness (QED) is 0.281. The van der Waals surface area contributed by atoms with E-state index in [1.54, 1.807) is 11.1 Å². The summed E-state index contributed by atoms with van der Waals surface area (Å²) in [6.07, 6.45) is 8.06. The summed E-state index contributed by atoms with van der Waals surface area (Å²) in [7, 11) is 0. The Labute approximate surface area is 220 Å². The van der Waals surface area contributed by atoms with Gasteiger partial charge in [-0.1, -0.05) is 6.42 Å². The second kappa shape index (κ2) is 11.4. The fourth-order valence-electron chi connectivity index (χ4n) is 3.23. The molecule has 1 aromatic rings. The minimum absolute atomic E-state index is 0. The van der Waals surface area contributed by atoms with E-state index in [1.165, 1.54) is 51.6 Å². The van der Waals surface area contributed by atoms with Gasteiger partial charge < -0.3 is 12.3 Å². The van der Waals surface area contributed by atoms with E-state index in [4.69, 9.17) is 0 Å². The van der Waals surface area contributed by atoms with Crippen molar-refractivity contribution in [2.45, 2.75) is 44.6 Å². The van der Waals surface area contributed by atoms with Crippen LogP contribution in [0, 0.1) is 13.5 Å². The Morgan fingerprint density at radius 3 is 2.37 bits per heavy atom. The summed E-state index contributed by atoms with van der Waals surface area (Å²) < 4.78 is 0. The summed E-state index contributed by atoms with van der Waals surface area (Å²) >= 11 is 0.